The quantitative estimate of drug-likeness (QED) is 0.507. The van der Waals surface area contributed by atoms with E-state index in [1.165, 1.54) is 0 Å². The Balaban J connectivity index is 1.81. The topological polar surface area (TPSA) is 106 Å². The number of amides is 3. The molecular weight excluding hydrogens is 446 g/mol. The molecule has 178 valence electrons. The van der Waals surface area contributed by atoms with Crippen LogP contribution in [0.25, 0.3) is 0 Å². The van der Waals surface area contributed by atoms with Crippen LogP contribution in [0.1, 0.15) is 38.3 Å². The molecule has 2 aromatic rings. The van der Waals surface area contributed by atoms with E-state index in [1.807, 2.05) is 13.8 Å². The fraction of sp³-hybridized carbons (Fsp3) is 0.375. The largest absolute Gasteiger partial charge is 0.484 e. The molecule has 2 aromatic carbocycles. The highest BCUT2D eigenvalue weighted by Gasteiger charge is 2.16. The van der Waals surface area contributed by atoms with Gasteiger partial charge in [0.1, 0.15) is 11.4 Å². The van der Waals surface area contributed by atoms with E-state index >= 15 is 0 Å². The number of anilines is 2. The lowest BCUT2D eigenvalue weighted by Crippen LogP contribution is -2.34. The summed E-state index contributed by atoms with van der Waals surface area (Å²) in [5.74, 6) is -0.0674. The molecule has 0 unspecified atom stereocenters. The second-order valence-corrected chi connectivity index (χ2v) is 8.89. The van der Waals surface area contributed by atoms with E-state index in [2.05, 4.69) is 16.0 Å². The van der Waals surface area contributed by atoms with Gasteiger partial charge in [-0.2, -0.15) is 0 Å². The van der Waals surface area contributed by atoms with E-state index < -0.39 is 11.7 Å². The van der Waals surface area contributed by atoms with E-state index in [0.29, 0.717) is 22.1 Å². The smallest absolute Gasteiger partial charge is 0.407 e. The van der Waals surface area contributed by atoms with Crippen molar-refractivity contribution in [3.8, 4) is 5.75 Å². The second-order valence-electron chi connectivity index (χ2n) is 8.52. The summed E-state index contributed by atoms with van der Waals surface area (Å²) in [6.45, 7) is 8.99. The molecule has 0 saturated heterocycles. The second kappa shape index (κ2) is 11.6. The Morgan fingerprint density at radius 2 is 1.52 bits per heavy atom. The van der Waals surface area contributed by atoms with Gasteiger partial charge in [0.15, 0.2) is 6.61 Å². The SMILES string of the molecule is Cc1cc(OCC(=O)Nc2cccc(NC(=O)CCNC(=O)OC(C)(C)C)c2)cc(C)c1Cl. The Morgan fingerprint density at radius 1 is 0.939 bits per heavy atom. The number of carbonyl (C=O) groups is 3. The van der Waals surface area contributed by atoms with Gasteiger partial charge >= 0.3 is 6.09 Å². The van der Waals surface area contributed by atoms with Crippen LogP contribution in [0.5, 0.6) is 5.75 Å². The molecule has 0 bridgehead atoms. The summed E-state index contributed by atoms with van der Waals surface area (Å²) in [5, 5.41) is 8.66. The maximum atomic E-state index is 12.3. The maximum absolute atomic E-state index is 12.3. The Kier molecular flexibility index (Phi) is 9.11. The van der Waals surface area contributed by atoms with Gasteiger partial charge in [0.05, 0.1) is 0 Å². The van der Waals surface area contributed by atoms with E-state index in [-0.39, 0.29) is 31.4 Å². The standard InChI is InChI=1S/C24H30ClN3O5/c1-15-11-19(12-16(2)22(15)25)32-14-21(30)28-18-8-6-7-17(13-18)27-20(29)9-10-26-23(31)33-24(3,4)5/h6-8,11-13H,9-10,14H2,1-5H3,(H,26,31)(H,27,29)(H,28,30). The van der Waals surface area contributed by atoms with E-state index in [9.17, 15) is 14.4 Å². The van der Waals surface area contributed by atoms with Crippen LogP contribution in [-0.2, 0) is 14.3 Å². The molecule has 3 amide bonds. The Morgan fingerprint density at radius 3 is 2.09 bits per heavy atom. The molecule has 3 N–H and O–H groups in total. The summed E-state index contributed by atoms with van der Waals surface area (Å²) in [6.07, 6.45) is -0.505. The predicted molar refractivity (Wildman–Crippen MR) is 129 cm³/mol. The third kappa shape index (κ3) is 9.41. The van der Waals surface area contributed by atoms with Gasteiger partial charge < -0.3 is 25.4 Å². The number of benzene rings is 2. The first-order valence-electron chi connectivity index (χ1n) is 10.5. The summed E-state index contributed by atoms with van der Waals surface area (Å²) in [4.78, 5) is 36.0. The van der Waals surface area contributed by atoms with Gasteiger partial charge in [0, 0.05) is 29.4 Å². The first-order chi connectivity index (χ1) is 15.4. The molecule has 0 radical (unpaired) electrons. The average Bonchev–Trinajstić information content (AvgIpc) is 2.69. The molecule has 0 aliphatic rings. The van der Waals surface area contributed by atoms with Crippen molar-refractivity contribution >= 4 is 40.9 Å². The zero-order valence-corrected chi connectivity index (χ0v) is 20.3. The maximum Gasteiger partial charge on any atom is 0.407 e. The predicted octanol–water partition coefficient (Wildman–Crippen LogP) is 4.83. The van der Waals surface area contributed by atoms with Crippen LogP contribution in [-0.4, -0.2) is 36.7 Å². The van der Waals surface area contributed by atoms with Gasteiger partial charge in [-0.1, -0.05) is 17.7 Å². The first kappa shape index (κ1) is 26.0. The van der Waals surface area contributed by atoms with Crippen molar-refractivity contribution in [3.63, 3.8) is 0 Å². The van der Waals surface area contributed by atoms with Crippen molar-refractivity contribution in [3.05, 3.63) is 52.5 Å². The normalized spacial score (nSPS) is 10.8. The zero-order chi connectivity index (χ0) is 24.6. The molecule has 0 spiro atoms. The van der Waals surface area contributed by atoms with Gasteiger partial charge in [-0.05, 0) is 76.1 Å². The molecule has 0 saturated carbocycles. The van der Waals surface area contributed by atoms with Crippen molar-refractivity contribution in [2.45, 2.75) is 46.6 Å². The van der Waals surface area contributed by atoms with Gasteiger partial charge in [-0.15, -0.1) is 0 Å². The van der Waals surface area contributed by atoms with Crippen LogP contribution in [0, 0.1) is 13.8 Å². The molecule has 0 fully saturated rings. The first-order valence-corrected chi connectivity index (χ1v) is 10.9. The summed E-state index contributed by atoms with van der Waals surface area (Å²) in [7, 11) is 0. The molecule has 8 nitrogen and oxygen atoms in total. The molecule has 0 heterocycles. The number of rotatable bonds is 8. The zero-order valence-electron chi connectivity index (χ0n) is 19.5. The molecule has 0 atom stereocenters. The summed E-state index contributed by atoms with van der Waals surface area (Å²) >= 11 is 6.15. The summed E-state index contributed by atoms with van der Waals surface area (Å²) < 4.78 is 10.7. The molecular formula is C24H30ClN3O5. The number of carbonyl (C=O) groups excluding carboxylic acids is 3. The highest BCUT2D eigenvalue weighted by atomic mass is 35.5. The number of hydrogen-bond donors (Lipinski definition) is 3. The lowest BCUT2D eigenvalue weighted by atomic mass is 10.1. The third-order valence-corrected chi connectivity index (χ3v) is 4.83. The van der Waals surface area contributed by atoms with Crippen LogP contribution in [0.4, 0.5) is 16.2 Å². The van der Waals surface area contributed by atoms with Gasteiger partial charge in [0.25, 0.3) is 5.91 Å². The molecule has 33 heavy (non-hydrogen) atoms. The van der Waals surface area contributed by atoms with Crippen molar-refractivity contribution in [2.75, 3.05) is 23.8 Å². The van der Waals surface area contributed by atoms with E-state index in [4.69, 9.17) is 21.1 Å². The molecule has 0 aromatic heterocycles. The van der Waals surface area contributed by atoms with Gasteiger partial charge in [-0.3, -0.25) is 9.59 Å². The number of alkyl carbamates (subject to hydrolysis) is 1. The minimum absolute atomic E-state index is 0.0730. The molecule has 0 aliphatic heterocycles. The summed E-state index contributed by atoms with van der Waals surface area (Å²) in [5.41, 5.74) is 2.17. The number of nitrogens with one attached hydrogen (secondary N) is 3. The van der Waals surface area contributed by atoms with Crippen LogP contribution in [0.15, 0.2) is 36.4 Å². The minimum atomic E-state index is -0.602. The van der Waals surface area contributed by atoms with Crippen molar-refractivity contribution in [2.24, 2.45) is 0 Å². The fourth-order valence-electron chi connectivity index (χ4n) is 2.83. The Labute approximate surface area is 199 Å². The van der Waals surface area contributed by atoms with E-state index in [1.54, 1.807) is 57.2 Å². The lowest BCUT2D eigenvalue weighted by Gasteiger charge is -2.19. The number of ether oxygens (including phenoxy) is 2. The lowest BCUT2D eigenvalue weighted by molar-refractivity contribution is -0.118. The number of aryl methyl sites for hydroxylation is 2. The number of halogens is 1. The number of hydrogen-bond acceptors (Lipinski definition) is 5. The molecule has 0 aliphatic carbocycles. The fourth-order valence-corrected chi connectivity index (χ4v) is 2.94. The third-order valence-electron chi connectivity index (χ3n) is 4.23. The van der Waals surface area contributed by atoms with Crippen LogP contribution >= 0.6 is 11.6 Å². The minimum Gasteiger partial charge on any atom is -0.484 e. The van der Waals surface area contributed by atoms with Crippen molar-refractivity contribution < 1.29 is 23.9 Å². The molecule has 9 heteroatoms. The summed E-state index contributed by atoms with van der Waals surface area (Å²) in [6, 6.07) is 10.3. The van der Waals surface area contributed by atoms with Crippen molar-refractivity contribution in [1.82, 2.24) is 5.32 Å². The van der Waals surface area contributed by atoms with Gasteiger partial charge in [0.2, 0.25) is 5.91 Å². The molecule has 2 rings (SSSR count). The van der Waals surface area contributed by atoms with Crippen LogP contribution in [0.3, 0.4) is 0 Å². The van der Waals surface area contributed by atoms with Gasteiger partial charge in [-0.25, -0.2) is 4.79 Å². The monoisotopic (exact) mass is 475 g/mol. The van der Waals surface area contributed by atoms with E-state index in [0.717, 1.165) is 11.1 Å². The van der Waals surface area contributed by atoms with Crippen LogP contribution in [0.2, 0.25) is 5.02 Å². The van der Waals surface area contributed by atoms with Crippen LogP contribution < -0.4 is 20.7 Å². The highest BCUT2D eigenvalue weighted by molar-refractivity contribution is 6.32. The Hall–Kier alpha value is -3.26. The highest BCUT2D eigenvalue weighted by Crippen LogP contribution is 2.26. The average molecular weight is 476 g/mol. The Bertz CT molecular complexity index is 994. The van der Waals surface area contributed by atoms with Crippen molar-refractivity contribution in [1.29, 1.82) is 0 Å².